The molecule has 0 amide bonds. The van der Waals surface area contributed by atoms with Gasteiger partial charge in [-0.2, -0.15) is 0 Å². The Morgan fingerprint density at radius 2 is 2.00 bits per heavy atom. The summed E-state index contributed by atoms with van der Waals surface area (Å²) < 4.78 is 5.95. The average molecular weight is 256 g/mol. The smallest absolute Gasteiger partial charge is 0.123 e. The first-order chi connectivity index (χ1) is 9.29. The number of pyridine rings is 1. The van der Waals surface area contributed by atoms with Crippen molar-refractivity contribution in [2.75, 3.05) is 6.54 Å². The molecule has 1 atom stereocenters. The standard InChI is InChI=1S/C16H20N2O/c1-3-17-12-15-11-16(9-10-18-15)19-13(2)14-7-5-4-6-8-14/h4-11,13,17H,3,12H2,1-2H3. The van der Waals surface area contributed by atoms with E-state index in [0.29, 0.717) is 0 Å². The summed E-state index contributed by atoms with van der Waals surface area (Å²) in [6.45, 7) is 5.85. The molecule has 0 aliphatic heterocycles. The van der Waals surface area contributed by atoms with Crippen LogP contribution < -0.4 is 10.1 Å². The number of hydrogen-bond acceptors (Lipinski definition) is 3. The van der Waals surface area contributed by atoms with Crippen molar-refractivity contribution < 1.29 is 4.74 Å². The summed E-state index contributed by atoms with van der Waals surface area (Å²) in [4.78, 5) is 4.31. The van der Waals surface area contributed by atoms with Gasteiger partial charge >= 0.3 is 0 Å². The fraction of sp³-hybridized carbons (Fsp3) is 0.312. The van der Waals surface area contributed by atoms with E-state index in [2.05, 4.69) is 36.3 Å². The second-order valence-electron chi connectivity index (χ2n) is 4.43. The Morgan fingerprint density at radius 3 is 2.74 bits per heavy atom. The molecular weight excluding hydrogens is 236 g/mol. The molecule has 0 saturated carbocycles. The van der Waals surface area contributed by atoms with E-state index in [-0.39, 0.29) is 6.10 Å². The number of nitrogens with zero attached hydrogens (tertiary/aromatic N) is 1. The van der Waals surface area contributed by atoms with Crippen molar-refractivity contribution in [3.8, 4) is 5.75 Å². The van der Waals surface area contributed by atoms with Crippen molar-refractivity contribution >= 4 is 0 Å². The quantitative estimate of drug-likeness (QED) is 0.860. The van der Waals surface area contributed by atoms with E-state index in [1.165, 1.54) is 5.56 Å². The van der Waals surface area contributed by atoms with Gasteiger partial charge in [-0.15, -0.1) is 0 Å². The van der Waals surface area contributed by atoms with Gasteiger partial charge in [0.05, 0.1) is 5.69 Å². The zero-order chi connectivity index (χ0) is 13.5. The van der Waals surface area contributed by atoms with Gasteiger partial charge in [-0.25, -0.2) is 0 Å². The highest BCUT2D eigenvalue weighted by molar-refractivity contribution is 5.25. The molecule has 1 aromatic heterocycles. The SMILES string of the molecule is CCNCc1cc(OC(C)c2ccccc2)ccn1. The summed E-state index contributed by atoms with van der Waals surface area (Å²) in [5.41, 5.74) is 2.17. The third kappa shape index (κ3) is 4.07. The predicted molar refractivity (Wildman–Crippen MR) is 77.1 cm³/mol. The van der Waals surface area contributed by atoms with Crippen LogP contribution in [0.3, 0.4) is 0 Å². The van der Waals surface area contributed by atoms with Crippen molar-refractivity contribution in [1.29, 1.82) is 0 Å². The van der Waals surface area contributed by atoms with Crippen LogP contribution in [0.15, 0.2) is 48.7 Å². The molecule has 1 unspecified atom stereocenters. The van der Waals surface area contributed by atoms with Crippen LogP contribution in [0.5, 0.6) is 5.75 Å². The Balaban J connectivity index is 2.02. The van der Waals surface area contributed by atoms with Crippen molar-refractivity contribution in [1.82, 2.24) is 10.3 Å². The average Bonchev–Trinajstić information content (AvgIpc) is 2.46. The Morgan fingerprint density at radius 1 is 1.21 bits per heavy atom. The number of rotatable bonds is 6. The maximum atomic E-state index is 5.95. The highest BCUT2D eigenvalue weighted by Crippen LogP contribution is 2.21. The molecular formula is C16H20N2O. The number of hydrogen-bond donors (Lipinski definition) is 1. The summed E-state index contributed by atoms with van der Waals surface area (Å²) in [6.07, 6.45) is 1.83. The molecule has 19 heavy (non-hydrogen) atoms. The number of benzene rings is 1. The Hall–Kier alpha value is -1.87. The number of ether oxygens (including phenoxy) is 1. The van der Waals surface area contributed by atoms with Gasteiger partial charge in [0.25, 0.3) is 0 Å². The van der Waals surface area contributed by atoms with Crippen molar-refractivity contribution in [3.63, 3.8) is 0 Å². The van der Waals surface area contributed by atoms with Crippen LogP contribution in [0, 0.1) is 0 Å². The van der Waals surface area contributed by atoms with E-state index in [1.54, 1.807) is 6.20 Å². The van der Waals surface area contributed by atoms with Gasteiger partial charge < -0.3 is 10.1 Å². The lowest BCUT2D eigenvalue weighted by atomic mass is 10.1. The molecule has 0 bridgehead atoms. The normalized spacial score (nSPS) is 12.1. The minimum Gasteiger partial charge on any atom is -0.486 e. The van der Waals surface area contributed by atoms with E-state index in [1.807, 2.05) is 30.3 Å². The second kappa shape index (κ2) is 6.90. The van der Waals surface area contributed by atoms with Crippen molar-refractivity contribution in [2.24, 2.45) is 0 Å². The molecule has 100 valence electrons. The molecule has 2 rings (SSSR count). The predicted octanol–water partition coefficient (Wildman–Crippen LogP) is 3.33. The van der Waals surface area contributed by atoms with Crippen LogP contribution in [0.25, 0.3) is 0 Å². The fourth-order valence-electron chi connectivity index (χ4n) is 1.88. The van der Waals surface area contributed by atoms with E-state index in [9.17, 15) is 0 Å². The first-order valence-electron chi connectivity index (χ1n) is 6.67. The molecule has 1 N–H and O–H groups in total. The summed E-state index contributed by atoms with van der Waals surface area (Å²) in [6, 6.07) is 14.1. The molecule has 1 heterocycles. The molecule has 0 aliphatic carbocycles. The topological polar surface area (TPSA) is 34.1 Å². The van der Waals surface area contributed by atoms with Crippen molar-refractivity contribution in [3.05, 3.63) is 59.9 Å². The number of nitrogens with one attached hydrogen (secondary N) is 1. The summed E-state index contributed by atoms with van der Waals surface area (Å²) in [7, 11) is 0. The summed E-state index contributed by atoms with van der Waals surface area (Å²) in [5.74, 6) is 0.860. The lowest BCUT2D eigenvalue weighted by Crippen LogP contribution is -2.13. The largest absolute Gasteiger partial charge is 0.486 e. The van der Waals surface area contributed by atoms with Crippen LogP contribution in [0.2, 0.25) is 0 Å². The maximum absolute atomic E-state index is 5.95. The third-order valence-corrected chi connectivity index (χ3v) is 2.93. The third-order valence-electron chi connectivity index (χ3n) is 2.93. The van der Waals surface area contributed by atoms with Gasteiger partial charge in [-0.05, 0) is 25.1 Å². The fourth-order valence-corrected chi connectivity index (χ4v) is 1.88. The van der Waals surface area contributed by atoms with E-state index >= 15 is 0 Å². The molecule has 0 saturated heterocycles. The molecule has 0 fully saturated rings. The molecule has 3 nitrogen and oxygen atoms in total. The van der Waals surface area contributed by atoms with Gasteiger partial charge in [0.1, 0.15) is 11.9 Å². The first kappa shape index (κ1) is 13.6. The van der Waals surface area contributed by atoms with E-state index in [4.69, 9.17) is 4.74 Å². The first-order valence-corrected chi connectivity index (χ1v) is 6.67. The van der Waals surface area contributed by atoms with Crippen LogP contribution in [-0.2, 0) is 6.54 Å². The Kier molecular flexibility index (Phi) is 4.93. The Bertz CT molecular complexity index is 499. The molecule has 3 heteroatoms. The minimum atomic E-state index is 0.0376. The highest BCUT2D eigenvalue weighted by atomic mass is 16.5. The van der Waals surface area contributed by atoms with Gasteiger partial charge in [0.2, 0.25) is 0 Å². The van der Waals surface area contributed by atoms with Gasteiger partial charge in [-0.1, -0.05) is 37.3 Å². The van der Waals surface area contributed by atoms with Gasteiger partial charge in [0, 0.05) is 18.8 Å². The summed E-state index contributed by atoms with van der Waals surface area (Å²) >= 11 is 0. The second-order valence-corrected chi connectivity index (χ2v) is 4.43. The van der Waals surface area contributed by atoms with Crippen LogP contribution in [-0.4, -0.2) is 11.5 Å². The lowest BCUT2D eigenvalue weighted by Gasteiger charge is -2.15. The minimum absolute atomic E-state index is 0.0376. The molecule has 2 aromatic rings. The van der Waals surface area contributed by atoms with E-state index in [0.717, 1.165) is 24.5 Å². The monoisotopic (exact) mass is 256 g/mol. The Labute approximate surface area is 114 Å². The van der Waals surface area contributed by atoms with E-state index < -0.39 is 0 Å². The zero-order valence-electron chi connectivity index (χ0n) is 11.5. The van der Waals surface area contributed by atoms with Gasteiger partial charge in [-0.3, -0.25) is 4.98 Å². The molecule has 1 aromatic carbocycles. The lowest BCUT2D eigenvalue weighted by molar-refractivity contribution is 0.226. The van der Waals surface area contributed by atoms with Crippen molar-refractivity contribution in [2.45, 2.75) is 26.5 Å². The van der Waals surface area contributed by atoms with Crippen LogP contribution in [0.4, 0.5) is 0 Å². The van der Waals surface area contributed by atoms with Gasteiger partial charge in [0.15, 0.2) is 0 Å². The van der Waals surface area contributed by atoms with Crippen LogP contribution in [0.1, 0.15) is 31.2 Å². The zero-order valence-corrected chi connectivity index (χ0v) is 11.5. The highest BCUT2D eigenvalue weighted by Gasteiger charge is 2.07. The van der Waals surface area contributed by atoms with Crippen LogP contribution >= 0.6 is 0 Å². The molecule has 0 aliphatic rings. The summed E-state index contributed by atoms with van der Waals surface area (Å²) in [5, 5.41) is 3.26. The number of aromatic nitrogens is 1. The molecule has 0 spiro atoms. The molecule has 0 radical (unpaired) electrons. The maximum Gasteiger partial charge on any atom is 0.123 e.